The second-order valence-corrected chi connectivity index (χ2v) is 10.7. The lowest BCUT2D eigenvalue weighted by molar-refractivity contribution is -0.147. The summed E-state index contributed by atoms with van der Waals surface area (Å²) in [6.07, 6.45) is 7.21. The van der Waals surface area contributed by atoms with E-state index in [9.17, 15) is 22.8 Å². The molecule has 9 nitrogen and oxygen atoms in total. The summed E-state index contributed by atoms with van der Waals surface area (Å²) in [6, 6.07) is 1.16. The van der Waals surface area contributed by atoms with Crippen LogP contribution in [0.15, 0.2) is 24.7 Å². The number of esters is 1. The molecule has 2 amide bonds. The number of imidazole rings is 1. The van der Waals surface area contributed by atoms with E-state index in [1.807, 2.05) is 28.9 Å². The molecular formula is C28H39F3N6O3. The molecule has 1 aliphatic rings. The van der Waals surface area contributed by atoms with Crippen molar-refractivity contribution in [3.05, 3.63) is 30.4 Å². The first-order chi connectivity index (χ1) is 19.1. The highest BCUT2D eigenvalue weighted by Gasteiger charge is 2.38. The van der Waals surface area contributed by atoms with Crippen molar-refractivity contribution in [2.24, 2.45) is 11.8 Å². The highest BCUT2D eigenvalue weighted by Crippen LogP contribution is 2.36. The van der Waals surface area contributed by atoms with Gasteiger partial charge in [-0.05, 0) is 24.3 Å². The number of rotatable bonds is 12. The van der Waals surface area contributed by atoms with Crippen molar-refractivity contribution < 1.29 is 27.5 Å². The van der Waals surface area contributed by atoms with E-state index in [0.29, 0.717) is 30.2 Å². The van der Waals surface area contributed by atoms with E-state index in [1.165, 1.54) is 11.3 Å². The summed E-state index contributed by atoms with van der Waals surface area (Å²) in [5, 5.41) is 1.98. The Balaban J connectivity index is 1.47. The molecule has 0 unspecified atom stereocenters. The van der Waals surface area contributed by atoms with Gasteiger partial charge in [-0.15, -0.1) is 0 Å². The Hall–Kier alpha value is -3.31. The number of amides is 2. The van der Waals surface area contributed by atoms with E-state index >= 15 is 0 Å². The molecule has 1 aliphatic heterocycles. The van der Waals surface area contributed by atoms with Gasteiger partial charge in [0.2, 0.25) is 0 Å². The predicted molar refractivity (Wildman–Crippen MR) is 145 cm³/mol. The molecule has 1 fully saturated rings. The van der Waals surface area contributed by atoms with Crippen LogP contribution in [0.25, 0.3) is 16.8 Å². The summed E-state index contributed by atoms with van der Waals surface area (Å²) in [7, 11) is 0. The largest absolute Gasteiger partial charge is 0.444 e. The topological polar surface area (TPSA) is 93.8 Å². The monoisotopic (exact) mass is 564 g/mol. The number of nitrogens with zero attached hydrogens (tertiary/aromatic N) is 5. The molecule has 3 atom stereocenters. The second kappa shape index (κ2) is 12.9. The summed E-state index contributed by atoms with van der Waals surface area (Å²) in [5.74, 6) is 0.250. The number of ether oxygens (including phenoxy) is 1. The van der Waals surface area contributed by atoms with Crippen LogP contribution in [0.5, 0.6) is 0 Å². The fraction of sp³-hybridized carbons (Fsp3) is 0.643. The van der Waals surface area contributed by atoms with Crippen molar-refractivity contribution in [3.63, 3.8) is 0 Å². The number of likely N-dealkylation sites (tertiary alicyclic amines) is 1. The van der Waals surface area contributed by atoms with Gasteiger partial charge in [0.05, 0.1) is 11.7 Å². The Bertz CT molecular complexity index is 1300. The zero-order valence-corrected chi connectivity index (χ0v) is 23.4. The Morgan fingerprint density at radius 2 is 1.95 bits per heavy atom. The van der Waals surface area contributed by atoms with Crippen LogP contribution in [0, 0.1) is 11.8 Å². The first kappa shape index (κ1) is 29.7. The number of urea groups is 1. The number of aromatic nitrogens is 4. The summed E-state index contributed by atoms with van der Waals surface area (Å²) < 4.78 is 47.2. The minimum atomic E-state index is -4.47. The third kappa shape index (κ3) is 6.87. The summed E-state index contributed by atoms with van der Waals surface area (Å²) >= 11 is 0. The average Bonchev–Trinajstić information content (AvgIpc) is 3.66. The normalized spacial score (nSPS) is 18.5. The molecular weight excluding hydrogens is 525 g/mol. The van der Waals surface area contributed by atoms with Gasteiger partial charge < -0.3 is 15.0 Å². The number of carbonyl (C=O) groups excluding carboxylic acids is 2. The zero-order valence-electron chi connectivity index (χ0n) is 23.4. The number of hydrogen-bond acceptors (Lipinski definition) is 5. The Morgan fingerprint density at radius 1 is 1.15 bits per heavy atom. The van der Waals surface area contributed by atoms with Gasteiger partial charge in [-0.25, -0.2) is 14.8 Å². The van der Waals surface area contributed by atoms with Crippen molar-refractivity contribution in [2.45, 2.75) is 84.5 Å². The maximum Gasteiger partial charge on any atom is 0.405 e. The lowest BCUT2D eigenvalue weighted by Gasteiger charge is -2.18. The Labute approximate surface area is 232 Å². The maximum atomic E-state index is 12.6. The van der Waals surface area contributed by atoms with E-state index in [4.69, 9.17) is 4.74 Å². The number of alkyl halides is 3. The molecule has 4 heterocycles. The van der Waals surface area contributed by atoms with Crippen molar-refractivity contribution in [1.82, 2.24) is 29.2 Å². The van der Waals surface area contributed by atoms with Gasteiger partial charge in [-0.1, -0.05) is 52.9 Å². The molecule has 3 aromatic rings. The summed E-state index contributed by atoms with van der Waals surface area (Å²) in [5.41, 5.74) is 2.90. The minimum absolute atomic E-state index is 0.0464. The molecule has 1 N–H and O–H groups in total. The van der Waals surface area contributed by atoms with E-state index in [0.717, 1.165) is 43.3 Å². The van der Waals surface area contributed by atoms with Gasteiger partial charge in [0.25, 0.3) is 0 Å². The quantitative estimate of drug-likeness (QED) is 0.278. The molecule has 0 bridgehead atoms. The molecule has 40 heavy (non-hydrogen) atoms. The predicted octanol–water partition coefficient (Wildman–Crippen LogP) is 5.88. The fourth-order valence-electron chi connectivity index (χ4n) is 5.64. The zero-order chi connectivity index (χ0) is 28.9. The number of carbonyl (C=O) groups is 2. The van der Waals surface area contributed by atoms with Crippen LogP contribution in [0.1, 0.15) is 77.3 Å². The van der Waals surface area contributed by atoms with Crippen molar-refractivity contribution in [1.29, 1.82) is 0 Å². The van der Waals surface area contributed by atoms with Crippen LogP contribution in [0.2, 0.25) is 0 Å². The molecule has 0 aromatic carbocycles. The van der Waals surface area contributed by atoms with Crippen LogP contribution in [0.3, 0.4) is 0 Å². The van der Waals surface area contributed by atoms with Crippen LogP contribution in [-0.2, 0) is 16.3 Å². The third-order valence-electron chi connectivity index (χ3n) is 8.01. The van der Waals surface area contributed by atoms with E-state index < -0.39 is 18.8 Å². The molecule has 0 saturated carbocycles. The van der Waals surface area contributed by atoms with Crippen molar-refractivity contribution >= 4 is 28.8 Å². The maximum absolute atomic E-state index is 12.6. The smallest absolute Gasteiger partial charge is 0.405 e. The van der Waals surface area contributed by atoms with E-state index in [2.05, 4.69) is 23.8 Å². The lowest BCUT2D eigenvalue weighted by Crippen LogP contribution is -2.42. The molecule has 220 valence electrons. The van der Waals surface area contributed by atoms with Gasteiger partial charge in [0, 0.05) is 43.5 Å². The number of unbranched alkanes of at least 4 members (excludes halogenated alkanes) is 1. The molecule has 1 saturated heterocycles. The number of halogens is 3. The highest BCUT2D eigenvalue weighted by molar-refractivity contribution is 5.77. The standard InChI is InChI=1S/C28H39F3N6O3/c1-4-7-8-19(5-2)9-10-25(38)40-18-35-12-11-22-26(35)33-14-24-32-13-23(37(22)24)21-16-36(15-20(21)6-3)27(39)34-17-28(29,30)31/h11-14,19-21H,4-10,15-18H2,1-3H3,(H,34,39)/t19-,20+,21-/m0/s1. The summed E-state index contributed by atoms with van der Waals surface area (Å²) in [4.78, 5) is 35.4. The number of hydrogen-bond donors (Lipinski definition) is 1. The Morgan fingerprint density at radius 3 is 2.65 bits per heavy atom. The fourth-order valence-corrected chi connectivity index (χ4v) is 5.64. The SMILES string of the molecule is CCCC[C@H](CC)CCC(=O)OCn1ccc2c1ncc1ncc([C@H]3CN(C(=O)NCC(F)(F)F)C[C@H]3CC)n12. The molecule has 0 spiro atoms. The van der Waals surface area contributed by atoms with Gasteiger partial charge in [0.1, 0.15) is 6.54 Å². The van der Waals surface area contributed by atoms with Gasteiger partial charge in [-0.3, -0.25) is 13.8 Å². The minimum Gasteiger partial charge on any atom is -0.444 e. The average molecular weight is 565 g/mol. The van der Waals surface area contributed by atoms with Crippen LogP contribution < -0.4 is 5.32 Å². The van der Waals surface area contributed by atoms with E-state index in [1.54, 1.807) is 17.0 Å². The summed E-state index contributed by atoms with van der Waals surface area (Å²) in [6.45, 7) is 5.67. The van der Waals surface area contributed by atoms with Gasteiger partial charge in [0.15, 0.2) is 18.0 Å². The molecule has 4 rings (SSSR count). The number of fused-ring (bicyclic) bond motifs is 3. The van der Waals surface area contributed by atoms with Crippen molar-refractivity contribution in [2.75, 3.05) is 19.6 Å². The highest BCUT2D eigenvalue weighted by atomic mass is 19.4. The second-order valence-electron chi connectivity index (χ2n) is 10.7. The van der Waals surface area contributed by atoms with E-state index in [-0.39, 0.29) is 31.1 Å². The first-order valence-corrected chi connectivity index (χ1v) is 14.2. The number of nitrogens with one attached hydrogen (secondary N) is 1. The van der Waals surface area contributed by atoms with Crippen LogP contribution in [0.4, 0.5) is 18.0 Å². The molecule has 0 aliphatic carbocycles. The van der Waals surface area contributed by atoms with Crippen LogP contribution in [-0.4, -0.2) is 61.6 Å². The molecule has 12 heteroatoms. The Kier molecular flexibility index (Phi) is 9.57. The van der Waals surface area contributed by atoms with Gasteiger partial charge in [-0.2, -0.15) is 13.2 Å². The molecule has 3 aromatic heterocycles. The lowest BCUT2D eigenvalue weighted by atomic mass is 9.91. The molecule has 0 radical (unpaired) electrons. The van der Waals surface area contributed by atoms with Crippen molar-refractivity contribution in [3.8, 4) is 0 Å². The van der Waals surface area contributed by atoms with Crippen LogP contribution >= 0.6 is 0 Å². The third-order valence-corrected chi connectivity index (χ3v) is 8.01. The van der Waals surface area contributed by atoms with Gasteiger partial charge >= 0.3 is 18.2 Å². The first-order valence-electron chi connectivity index (χ1n) is 14.2.